The number of rotatable bonds is 6. The van der Waals surface area contributed by atoms with Crippen LogP contribution in [-0.4, -0.2) is 27.4 Å². The molecule has 1 aromatic carbocycles. The highest BCUT2D eigenvalue weighted by Crippen LogP contribution is 2.36. The molecule has 0 spiro atoms. The van der Waals surface area contributed by atoms with Gasteiger partial charge in [-0.15, -0.1) is 0 Å². The summed E-state index contributed by atoms with van der Waals surface area (Å²) in [6, 6.07) is 12.4. The zero-order chi connectivity index (χ0) is 16.9. The summed E-state index contributed by atoms with van der Waals surface area (Å²) in [5.41, 5.74) is 0.391. The topological polar surface area (TPSA) is 44.1 Å². The fourth-order valence-electron chi connectivity index (χ4n) is 3.06. The minimum atomic E-state index is -0.612. The molecule has 1 fully saturated rings. The lowest BCUT2D eigenvalue weighted by Gasteiger charge is -2.29. The standard InChI is InChI=1S/C18H22N2OS2/c1-14(2)12-18(13-19,15-6-4-3-5-7-15)9-8-16(21)20-10-11-23-17(20)22/h3-7,14H,8-12H2,1-2H3. The Balaban J connectivity index is 2.16. The number of amides is 1. The molecule has 0 bridgehead atoms. The average molecular weight is 347 g/mol. The fraction of sp³-hybridized carbons (Fsp3) is 0.500. The van der Waals surface area contributed by atoms with Crippen molar-refractivity contribution in [3.8, 4) is 6.07 Å². The molecule has 1 atom stereocenters. The Morgan fingerprint density at radius 3 is 2.65 bits per heavy atom. The van der Waals surface area contributed by atoms with E-state index < -0.39 is 5.41 Å². The molecule has 0 radical (unpaired) electrons. The third-order valence-electron chi connectivity index (χ3n) is 4.12. The molecule has 0 aliphatic carbocycles. The maximum atomic E-state index is 12.5. The lowest BCUT2D eigenvalue weighted by Crippen LogP contribution is -2.33. The van der Waals surface area contributed by atoms with Crippen molar-refractivity contribution in [2.75, 3.05) is 12.3 Å². The van der Waals surface area contributed by atoms with Gasteiger partial charge in [0.1, 0.15) is 4.32 Å². The largest absolute Gasteiger partial charge is 0.297 e. The van der Waals surface area contributed by atoms with Crippen LogP contribution in [-0.2, 0) is 10.2 Å². The highest BCUT2D eigenvalue weighted by Gasteiger charge is 2.35. The second-order valence-electron chi connectivity index (χ2n) is 6.32. The van der Waals surface area contributed by atoms with Crippen LogP contribution in [0.5, 0.6) is 0 Å². The van der Waals surface area contributed by atoms with Crippen molar-refractivity contribution in [3.63, 3.8) is 0 Å². The number of benzene rings is 1. The molecule has 3 nitrogen and oxygen atoms in total. The first-order chi connectivity index (χ1) is 11.0. The number of thiocarbonyl (C=S) groups is 1. The predicted octanol–water partition coefficient (Wildman–Crippen LogP) is 4.13. The van der Waals surface area contributed by atoms with Gasteiger partial charge in [-0.05, 0) is 24.3 Å². The van der Waals surface area contributed by atoms with Gasteiger partial charge in [-0.1, -0.05) is 68.2 Å². The van der Waals surface area contributed by atoms with Gasteiger partial charge >= 0.3 is 0 Å². The number of thioether (sulfide) groups is 1. The normalized spacial score (nSPS) is 17.1. The van der Waals surface area contributed by atoms with E-state index in [-0.39, 0.29) is 5.91 Å². The van der Waals surface area contributed by atoms with E-state index in [4.69, 9.17) is 12.2 Å². The molecule has 0 N–H and O–H groups in total. The van der Waals surface area contributed by atoms with E-state index >= 15 is 0 Å². The summed E-state index contributed by atoms with van der Waals surface area (Å²) < 4.78 is 0.668. The Bertz CT molecular complexity index is 609. The van der Waals surface area contributed by atoms with Gasteiger partial charge < -0.3 is 0 Å². The monoisotopic (exact) mass is 346 g/mol. The van der Waals surface area contributed by atoms with Gasteiger partial charge in [0.2, 0.25) is 5.91 Å². The van der Waals surface area contributed by atoms with Crippen LogP contribution in [0, 0.1) is 17.2 Å². The van der Waals surface area contributed by atoms with Crippen molar-refractivity contribution < 1.29 is 4.79 Å². The summed E-state index contributed by atoms with van der Waals surface area (Å²) in [6.07, 6.45) is 1.64. The van der Waals surface area contributed by atoms with Gasteiger partial charge in [0, 0.05) is 18.7 Å². The van der Waals surface area contributed by atoms with Gasteiger partial charge in [-0.2, -0.15) is 5.26 Å². The third kappa shape index (κ3) is 4.33. The molecule has 0 aromatic heterocycles. The van der Waals surface area contributed by atoms with Crippen LogP contribution >= 0.6 is 24.0 Å². The van der Waals surface area contributed by atoms with E-state index in [1.165, 1.54) is 0 Å². The number of hydrogen-bond acceptors (Lipinski definition) is 4. The molecule has 1 aliphatic heterocycles. The predicted molar refractivity (Wildman–Crippen MR) is 99.2 cm³/mol. The van der Waals surface area contributed by atoms with E-state index in [0.29, 0.717) is 29.6 Å². The highest BCUT2D eigenvalue weighted by molar-refractivity contribution is 8.23. The number of carbonyl (C=O) groups is 1. The minimum Gasteiger partial charge on any atom is -0.297 e. The third-order valence-corrected chi connectivity index (χ3v) is 5.55. The summed E-state index contributed by atoms with van der Waals surface area (Å²) >= 11 is 6.77. The van der Waals surface area contributed by atoms with Gasteiger partial charge in [0.25, 0.3) is 0 Å². The van der Waals surface area contributed by atoms with E-state index in [1.54, 1.807) is 16.7 Å². The Labute approximate surface area is 148 Å². The molecular formula is C18H22N2OS2. The summed E-state index contributed by atoms with van der Waals surface area (Å²) in [6.45, 7) is 4.92. The van der Waals surface area contributed by atoms with E-state index in [1.807, 2.05) is 30.3 Å². The van der Waals surface area contributed by atoms with Crippen LogP contribution in [0.15, 0.2) is 30.3 Å². The summed E-state index contributed by atoms with van der Waals surface area (Å²) in [5.74, 6) is 1.30. The lowest BCUT2D eigenvalue weighted by molar-refractivity contribution is -0.127. The van der Waals surface area contributed by atoms with Crippen LogP contribution in [0.3, 0.4) is 0 Å². The first kappa shape index (κ1) is 18.0. The molecule has 1 aliphatic rings. The zero-order valence-corrected chi connectivity index (χ0v) is 15.3. The Hall–Kier alpha value is -1.38. The number of carbonyl (C=O) groups excluding carboxylic acids is 1. The van der Waals surface area contributed by atoms with Crippen LogP contribution < -0.4 is 0 Å². The fourth-order valence-corrected chi connectivity index (χ4v) is 4.30. The second-order valence-corrected chi connectivity index (χ2v) is 8.05. The van der Waals surface area contributed by atoms with E-state index in [2.05, 4.69) is 19.9 Å². The maximum Gasteiger partial charge on any atom is 0.228 e. The number of hydrogen-bond donors (Lipinski definition) is 0. The molecule has 1 aromatic rings. The lowest BCUT2D eigenvalue weighted by atomic mass is 9.72. The van der Waals surface area contributed by atoms with Crippen molar-refractivity contribution in [2.24, 2.45) is 5.92 Å². The summed E-state index contributed by atoms with van der Waals surface area (Å²) in [5, 5.41) is 9.90. The van der Waals surface area contributed by atoms with Gasteiger partial charge in [-0.25, -0.2) is 0 Å². The van der Waals surface area contributed by atoms with Crippen LogP contribution in [0.25, 0.3) is 0 Å². The summed E-state index contributed by atoms with van der Waals surface area (Å²) in [7, 11) is 0. The van der Waals surface area contributed by atoms with Gasteiger partial charge in [-0.3, -0.25) is 9.69 Å². The van der Waals surface area contributed by atoms with Crippen LogP contribution in [0.1, 0.15) is 38.7 Å². The molecular weight excluding hydrogens is 324 g/mol. The minimum absolute atomic E-state index is 0.0410. The Kier molecular flexibility index (Phi) is 6.20. The van der Waals surface area contributed by atoms with E-state index in [0.717, 1.165) is 17.7 Å². The van der Waals surface area contributed by atoms with Crippen molar-refractivity contribution in [1.29, 1.82) is 5.26 Å². The Morgan fingerprint density at radius 2 is 2.13 bits per heavy atom. The SMILES string of the molecule is CC(C)CC(C#N)(CCC(=O)N1CCSC1=S)c1ccccc1. The van der Waals surface area contributed by atoms with Gasteiger partial charge in [0.05, 0.1) is 11.5 Å². The molecule has 2 rings (SSSR count). The average Bonchev–Trinajstić information content (AvgIpc) is 2.98. The zero-order valence-electron chi connectivity index (χ0n) is 13.6. The second kappa shape index (κ2) is 7.94. The van der Waals surface area contributed by atoms with Crippen molar-refractivity contribution >= 4 is 34.2 Å². The Morgan fingerprint density at radius 1 is 1.43 bits per heavy atom. The van der Waals surface area contributed by atoms with Crippen molar-refractivity contribution in [1.82, 2.24) is 4.90 Å². The maximum absolute atomic E-state index is 12.5. The summed E-state index contributed by atoms with van der Waals surface area (Å²) in [4.78, 5) is 14.1. The first-order valence-corrected chi connectivity index (χ1v) is 9.32. The molecule has 1 saturated heterocycles. The van der Waals surface area contributed by atoms with Crippen molar-refractivity contribution in [3.05, 3.63) is 35.9 Å². The molecule has 122 valence electrons. The molecule has 0 saturated carbocycles. The quantitative estimate of drug-likeness (QED) is 0.726. The first-order valence-electron chi connectivity index (χ1n) is 7.92. The van der Waals surface area contributed by atoms with Crippen molar-refractivity contribution in [2.45, 2.75) is 38.5 Å². The van der Waals surface area contributed by atoms with E-state index in [9.17, 15) is 10.1 Å². The van der Waals surface area contributed by atoms with Gasteiger partial charge in [0.15, 0.2) is 0 Å². The van der Waals surface area contributed by atoms with Crippen LogP contribution in [0.4, 0.5) is 0 Å². The molecule has 1 heterocycles. The highest BCUT2D eigenvalue weighted by atomic mass is 32.2. The number of nitriles is 1. The molecule has 23 heavy (non-hydrogen) atoms. The smallest absolute Gasteiger partial charge is 0.228 e. The van der Waals surface area contributed by atoms with Crippen LogP contribution in [0.2, 0.25) is 0 Å². The molecule has 1 unspecified atom stereocenters. The number of nitrogens with zero attached hydrogens (tertiary/aromatic N) is 2. The molecule has 5 heteroatoms. The molecule has 1 amide bonds.